The number of rotatable bonds is 7. The van der Waals surface area contributed by atoms with Crippen molar-refractivity contribution < 1.29 is 14.6 Å². The third-order valence-corrected chi connectivity index (χ3v) is 11.7. The predicted molar refractivity (Wildman–Crippen MR) is 230 cm³/mol. The third-order valence-electron chi connectivity index (χ3n) is 11.7. The molecule has 0 aromatic heterocycles. The molecule has 278 valence electrons. The van der Waals surface area contributed by atoms with Crippen LogP contribution in [0.25, 0.3) is 32.7 Å². The maximum atomic E-state index is 15.1. The van der Waals surface area contributed by atoms with E-state index >= 15 is 4.79 Å². The lowest BCUT2D eigenvalue weighted by Gasteiger charge is -2.43. The number of carbonyl (C=O) groups excluding carboxylic acids is 1. The number of allylic oxidation sites excluding steroid dienone is 2. The first-order chi connectivity index (χ1) is 28.6. The minimum atomic E-state index is -0.976. The second-order valence-corrected chi connectivity index (χ2v) is 14.8. The summed E-state index contributed by atoms with van der Waals surface area (Å²) in [6.07, 6.45) is 0. The van der Waals surface area contributed by atoms with Crippen molar-refractivity contribution in [3.05, 3.63) is 226 Å². The summed E-state index contributed by atoms with van der Waals surface area (Å²) in [4.78, 5) is 32.3. The van der Waals surface area contributed by atoms with Gasteiger partial charge in [0, 0.05) is 55.2 Å². The number of anilines is 3. The standard InChI is InChI=1S/C51H36N4O3/c1-57-58-49-44(38-30-28-32-16-14-26-40-42(32)46(38)54-50(52-40,34-18-6-2-7-19-34)35-20-8-3-9-21-35)48(56)45(49)39-31-29-33-17-15-27-41-43(33)47(39)55-51(53-41,36-22-10-4-11-23-36)37-24-12-5-13-25-37/h2-31,52-54H,1H3. The Balaban J connectivity index is 1.19. The van der Waals surface area contributed by atoms with Gasteiger partial charge in [-0.1, -0.05) is 170 Å². The van der Waals surface area contributed by atoms with Gasteiger partial charge in [0.05, 0.1) is 29.3 Å². The molecule has 8 aromatic rings. The number of carbonyl (C=O) groups is 1. The molecular formula is C51H36N4O3. The molecule has 3 aliphatic rings. The molecule has 1 aliphatic carbocycles. The molecule has 0 saturated carbocycles. The average Bonchev–Trinajstić information content (AvgIpc) is 3.29. The topological polar surface area (TPSA) is 84.0 Å². The SMILES string of the molecule is COOC1=C(c2ccc3cccc4c3c2NC(c2ccccc2)(c2ccccc2)N4)C(=O)C1=c1ccc2cccc3c2c1=NC(c1ccccc1)(c1ccccc1)N3. The first-order valence-corrected chi connectivity index (χ1v) is 19.4. The monoisotopic (exact) mass is 752 g/mol. The van der Waals surface area contributed by atoms with Crippen molar-refractivity contribution in [2.45, 2.75) is 11.3 Å². The zero-order valence-electron chi connectivity index (χ0n) is 31.5. The van der Waals surface area contributed by atoms with E-state index < -0.39 is 11.3 Å². The molecule has 0 bridgehead atoms. The third kappa shape index (κ3) is 4.90. The molecule has 8 aromatic carbocycles. The molecule has 0 spiro atoms. The van der Waals surface area contributed by atoms with E-state index in [4.69, 9.17) is 14.8 Å². The van der Waals surface area contributed by atoms with Crippen molar-refractivity contribution in [2.24, 2.45) is 4.99 Å². The van der Waals surface area contributed by atoms with Crippen molar-refractivity contribution in [3.63, 3.8) is 0 Å². The lowest BCUT2D eigenvalue weighted by molar-refractivity contribution is -0.232. The lowest BCUT2D eigenvalue weighted by Crippen LogP contribution is -2.47. The van der Waals surface area contributed by atoms with Crippen molar-refractivity contribution in [1.82, 2.24) is 0 Å². The molecule has 0 radical (unpaired) electrons. The van der Waals surface area contributed by atoms with E-state index in [9.17, 15) is 0 Å². The van der Waals surface area contributed by atoms with E-state index in [-0.39, 0.29) is 5.78 Å². The average molecular weight is 753 g/mol. The fraction of sp³-hybridized carbons (Fsp3) is 0.0588. The molecule has 0 amide bonds. The zero-order chi connectivity index (χ0) is 38.8. The highest BCUT2D eigenvalue weighted by atomic mass is 17.2. The maximum Gasteiger partial charge on any atom is 0.202 e. The number of hydrogen-bond donors (Lipinski definition) is 3. The van der Waals surface area contributed by atoms with Crippen LogP contribution in [0.15, 0.2) is 193 Å². The van der Waals surface area contributed by atoms with Gasteiger partial charge in [-0.05, 0) is 22.9 Å². The molecule has 2 aliphatic heterocycles. The summed E-state index contributed by atoms with van der Waals surface area (Å²) in [5.74, 6) is 0.204. The Morgan fingerprint density at radius 1 is 0.500 bits per heavy atom. The Kier molecular flexibility index (Phi) is 7.61. The molecule has 11 rings (SSSR count). The van der Waals surface area contributed by atoms with Gasteiger partial charge in [0.15, 0.2) is 17.1 Å². The van der Waals surface area contributed by atoms with Crippen LogP contribution >= 0.6 is 0 Å². The molecule has 0 saturated heterocycles. The van der Waals surface area contributed by atoms with E-state index in [2.05, 4.69) is 101 Å². The van der Waals surface area contributed by atoms with Crippen molar-refractivity contribution >= 4 is 55.5 Å². The largest absolute Gasteiger partial charge is 0.355 e. The van der Waals surface area contributed by atoms with Crippen LogP contribution in [-0.4, -0.2) is 12.9 Å². The molecule has 0 atom stereocenters. The molecular weight excluding hydrogens is 717 g/mol. The first kappa shape index (κ1) is 33.8. The Labute approximate surface area is 334 Å². The molecule has 7 nitrogen and oxygen atoms in total. The summed E-state index contributed by atoms with van der Waals surface area (Å²) in [7, 11) is 1.47. The van der Waals surface area contributed by atoms with Crippen LogP contribution in [-0.2, 0) is 25.9 Å². The second-order valence-electron chi connectivity index (χ2n) is 14.8. The Hall–Kier alpha value is -7.48. The van der Waals surface area contributed by atoms with Crippen LogP contribution in [0.5, 0.6) is 0 Å². The van der Waals surface area contributed by atoms with Crippen LogP contribution < -0.4 is 26.5 Å². The van der Waals surface area contributed by atoms with Crippen molar-refractivity contribution in [2.75, 3.05) is 23.1 Å². The number of ketones is 1. The van der Waals surface area contributed by atoms with E-state index in [1.807, 2.05) is 97.1 Å². The van der Waals surface area contributed by atoms with Gasteiger partial charge in [0.2, 0.25) is 5.78 Å². The number of benzene rings is 8. The van der Waals surface area contributed by atoms with E-state index in [0.717, 1.165) is 66.4 Å². The van der Waals surface area contributed by atoms with E-state index in [1.54, 1.807) is 0 Å². The number of hydrogen-bond acceptors (Lipinski definition) is 7. The van der Waals surface area contributed by atoms with Gasteiger partial charge in [-0.2, -0.15) is 4.89 Å². The Morgan fingerprint density at radius 3 is 1.62 bits per heavy atom. The van der Waals surface area contributed by atoms with Gasteiger partial charge < -0.3 is 20.8 Å². The van der Waals surface area contributed by atoms with Gasteiger partial charge in [-0.25, -0.2) is 4.99 Å². The van der Waals surface area contributed by atoms with Crippen LogP contribution in [0.3, 0.4) is 0 Å². The molecule has 3 N–H and O–H groups in total. The van der Waals surface area contributed by atoms with Crippen LogP contribution in [0.1, 0.15) is 27.8 Å². The normalized spacial score (nSPS) is 16.7. The van der Waals surface area contributed by atoms with Crippen molar-refractivity contribution in [1.29, 1.82) is 0 Å². The number of nitrogens with zero attached hydrogens (tertiary/aromatic N) is 1. The lowest BCUT2D eigenvalue weighted by atomic mass is 9.79. The fourth-order valence-electron chi connectivity index (χ4n) is 9.10. The van der Waals surface area contributed by atoms with Crippen molar-refractivity contribution in [3.8, 4) is 0 Å². The smallest absolute Gasteiger partial charge is 0.202 e. The molecule has 2 heterocycles. The Bertz CT molecular complexity index is 3030. The van der Waals surface area contributed by atoms with Gasteiger partial charge in [-0.3, -0.25) is 4.79 Å². The minimum absolute atomic E-state index is 0.155. The molecule has 0 unspecified atom stereocenters. The van der Waals surface area contributed by atoms with Crippen LogP contribution in [0, 0.1) is 0 Å². The molecule has 7 heteroatoms. The fourth-order valence-corrected chi connectivity index (χ4v) is 9.10. The van der Waals surface area contributed by atoms with Gasteiger partial charge in [0.1, 0.15) is 0 Å². The second kappa shape index (κ2) is 13.0. The highest BCUT2D eigenvalue weighted by Crippen LogP contribution is 2.50. The van der Waals surface area contributed by atoms with E-state index in [0.29, 0.717) is 27.5 Å². The highest BCUT2D eigenvalue weighted by Gasteiger charge is 2.45. The van der Waals surface area contributed by atoms with Crippen LogP contribution in [0.4, 0.5) is 17.1 Å². The predicted octanol–water partition coefficient (Wildman–Crippen LogP) is 9.40. The Morgan fingerprint density at radius 2 is 1.03 bits per heavy atom. The summed E-state index contributed by atoms with van der Waals surface area (Å²) in [5, 5.41) is 17.0. The molecule has 58 heavy (non-hydrogen) atoms. The van der Waals surface area contributed by atoms with Crippen LogP contribution in [0.2, 0.25) is 0 Å². The summed E-state index contributed by atoms with van der Waals surface area (Å²) >= 11 is 0. The quantitative estimate of drug-likeness (QED) is 0.111. The minimum Gasteiger partial charge on any atom is -0.355 e. The summed E-state index contributed by atoms with van der Waals surface area (Å²) in [6.45, 7) is 0. The highest BCUT2D eigenvalue weighted by molar-refractivity contribution is 6.52. The van der Waals surface area contributed by atoms with Gasteiger partial charge >= 0.3 is 0 Å². The molecule has 0 fully saturated rings. The number of nitrogens with one attached hydrogen (secondary N) is 3. The maximum absolute atomic E-state index is 15.1. The summed E-state index contributed by atoms with van der Waals surface area (Å²) in [5.41, 5.74) is 6.41. The zero-order valence-corrected chi connectivity index (χ0v) is 31.5. The van der Waals surface area contributed by atoms with Gasteiger partial charge in [-0.15, -0.1) is 0 Å². The summed E-state index contributed by atoms with van der Waals surface area (Å²) < 4.78 is 0. The summed E-state index contributed by atoms with van der Waals surface area (Å²) in [6, 6.07) is 61.7. The van der Waals surface area contributed by atoms with Gasteiger partial charge in [0.25, 0.3) is 0 Å². The first-order valence-electron chi connectivity index (χ1n) is 19.4. The van der Waals surface area contributed by atoms with E-state index in [1.165, 1.54) is 7.11 Å². The number of Topliss-reactive ketones (excluding diaryl/α,β-unsaturated/α-hetero) is 1.